The van der Waals surface area contributed by atoms with E-state index in [1.807, 2.05) is 13.8 Å². The molecule has 0 aliphatic rings. The molecular weight excluding hydrogens is 226 g/mol. The summed E-state index contributed by atoms with van der Waals surface area (Å²) in [6.07, 6.45) is -0.362. The van der Waals surface area contributed by atoms with Crippen LogP contribution in [0.2, 0.25) is 0 Å². The normalized spacial score (nSPS) is 13.0. The minimum atomic E-state index is -0.890. The third kappa shape index (κ3) is 3.92. The highest BCUT2D eigenvalue weighted by Gasteiger charge is 2.09. The molecule has 0 fully saturated rings. The first-order chi connectivity index (χ1) is 7.50. The summed E-state index contributed by atoms with van der Waals surface area (Å²) in [5, 5.41) is 21.4. The number of carbonyl (C=O) groups is 1. The maximum Gasteiger partial charge on any atom is 0.345 e. The van der Waals surface area contributed by atoms with Crippen LogP contribution in [0.5, 0.6) is 0 Å². The minimum Gasteiger partial charge on any atom is -0.477 e. The van der Waals surface area contributed by atoms with Gasteiger partial charge in [0.2, 0.25) is 0 Å². The second-order valence-corrected chi connectivity index (χ2v) is 5.18. The van der Waals surface area contributed by atoms with E-state index in [9.17, 15) is 9.90 Å². The number of hydrogen-bond acceptors (Lipinski definition) is 4. The molecule has 0 amide bonds. The number of aromatic carboxylic acids is 1. The fraction of sp³-hybridized carbons (Fsp3) is 0.545. The fourth-order valence-electron chi connectivity index (χ4n) is 1.17. The Kier molecular flexibility index (Phi) is 4.92. The zero-order chi connectivity index (χ0) is 12.1. The lowest BCUT2D eigenvalue weighted by Crippen LogP contribution is -2.29. The van der Waals surface area contributed by atoms with E-state index in [1.54, 1.807) is 12.1 Å². The van der Waals surface area contributed by atoms with Crippen molar-refractivity contribution in [3.63, 3.8) is 0 Å². The SMILES string of the molecule is CC(C)C(O)CNCc1ccc(C(=O)O)s1. The van der Waals surface area contributed by atoms with Crippen molar-refractivity contribution in [1.29, 1.82) is 0 Å². The average Bonchev–Trinajstić information content (AvgIpc) is 2.66. The summed E-state index contributed by atoms with van der Waals surface area (Å²) >= 11 is 1.26. The van der Waals surface area contributed by atoms with Crippen LogP contribution in [0.15, 0.2) is 12.1 Å². The standard InChI is InChI=1S/C11H17NO3S/c1-7(2)9(13)6-12-5-8-3-4-10(16-8)11(14)15/h3-4,7,9,12-13H,5-6H2,1-2H3,(H,14,15). The van der Waals surface area contributed by atoms with Gasteiger partial charge in [0.1, 0.15) is 4.88 Å². The first-order valence-electron chi connectivity index (χ1n) is 5.21. The molecular formula is C11H17NO3S. The molecule has 0 aliphatic carbocycles. The van der Waals surface area contributed by atoms with Gasteiger partial charge in [0.05, 0.1) is 6.10 Å². The van der Waals surface area contributed by atoms with Gasteiger partial charge >= 0.3 is 5.97 Å². The molecule has 90 valence electrons. The average molecular weight is 243 g/mol. The van der Waals surface area contributed by atoms with Gasteiger partial charge in [-0.25, -0.2) is 4.79 Å². The van der Waals surface area contributed by atoms with Crippen LogP contribution in [0, 0.1) is 5.92 Å². The van der Waals surface area contributed by atoms with Crippen molar-refractivity contribution < 1.29 is 15.0 Å². The van der Waals surface area contributed by atoms with Gasteiger partial charge in [0.25, 0.3) is 0 Å². The van der Waals surface area contributed by atoms with E-state index in [0.29, 0.717) is 18.0 Å². The molecule has 0 bridgehead atoms. The van der Waals surface area contributed by atoms with Crippen molar-refractivity contribution in [2.24, 2.45) is 5.92 Å². The summed E-state index contributed by atoms with van der Waals surface area (Å²) in [5.41, 5.74) is 0. The van der Waals surface area contributed by atoms with E-state index >= 15 is 0 Å². The number of aliphatic hydroxyl groups excluding tert-OH is 1. The Morgan fingerprint density at radius 2 is 2.19 bits per heavy atom. The second-order valence-electron chi connectivity index (χ2n) is 4.01. The van der Waals surface area contributed by atoms with Crippen LogP contribution in [0.3, 0.4) is 0 Å². The Morgan fingerprint density at radius 3 is 2.69 bits per heavy atom. The summed E-state index contributed by atoms with van der Waals surface area (Å²) in [4.78, 5) is 12.0. The minimum absolute atomic E-state index is 0.227. The van der Waals surface area contributed by atoms with Gasteiger partial charge < -0.3 is 15.5 Å². The Labute approximate surface area is 98.9 Å². The Bertz CT molecular complexity index is 349. The highest BCUT2D eigenvalue weighted by molar-refractivity contribution is 7.13. The van der Waals surface area contributed by atoms with Crippen molar-refractivity contribution >= 4 is 17.3 Å². The predicted molar refractivity (Wildman–Crippen MR) is 63.8 cm³/mol. The van der Waals surface area contributed by atoms with E-state index in [-0.39, 0.29) is 12.0 Å². The van der Waals surface area contributed by atoms with Crippen LogP contribution < -0.4 is 5.32 Å². The first-order valence-corrected chi connectivity index (χ1v) is 6.03. The van der Waals surface area contributed by atoms with Crippen molar-refractivity contribution in [3.8, 4) is 0 Å². The molecule has 1 aromatic rings. The number of aliphatic hydroxyl groups is 1. The van der Waals surface area contributed by atoms with Crippen LogP contribution in [0.1, 0.15) is 28.4 Å². The Hall–Kier alpha value is -0.910. The van der Waals surface area contributed by atoms with E-state index in [1.165, 1.54) is 11.3 Å². The number of carboxylic acids is 1. The largest absolute Gasteiger partial charge is 0.477 e. The summed E-state index contributed by atoms with van der Waals surface area (Å²) in [5.74, 6) is -0.663. The predicted octanol–water partition coefficient (Wildman–Crippen LogP) is 1.55. The van der Waals surface area contributed by atoms with Crippen LogP contribution in [0.25, 0.3) is 0 Å². The summed E-state index contributed by atoms with van der Waals surface area (Å²) in [6, 6.07) is 3.39. The number of hydrogen-bond donors (Lipinski definition) is 3. The molecule has 0 saturated carbocycles. The Morgan fingerprint density at radius 1 is 1.50 bits per heavy atom. The molecule has 1 aromatic heterocycles. The molecule has 1 heterocycles. The number of thiophene rings is 1. The van der Waals surface area contributed by atoms with Crippen LogP contribution >= 0.6 is 11.3 Å². The van der Waals surface area contributed by atoms with Crippen LogP contribution in [-0.4, -0.2) is 28.8 Å². The van der Waals surface area contributed by atoms with Crippen LogP contribution in [-0.2, 0) is 6.54 Å². The molecule has 0 aliphatic heterocycles. The molecule has 3 N–H and O–H groups in total. The van der Waals surface area contributed by atoms with Gasteiger partial charge in [-0.3, -0.25) is 0 Å². The van der Waals surface area contributed by atoms with E-state index in [4.69, 9.17) is 5.11 Å². The number of carboxylic acid groups (broad SMARTS) is 1. The van der Waals surface area contributed by atoms with Gasteiger partial charge in [-0.05, 0) is 18.1 Å². The molecule has 1 unspecified atom stereocenters. The highest BCUT2D eigenvalue weighted by Crippen LogP contribution is 2.16. The third-order valence-electron chi connectivity index (χ3n) is 2.29. The molecule has 0 saturated heterocycles. The summed E-state index contributed by atoms with van der Waals surface area (Å²) < 4.78 is 0. The molecule has 0 spiro atoms. The van der Waals surface area contributed by atoms with E-state index in [2.05, 4.69) is 5.32 Å². The lowest BCUT2D eigenvalue weighted by molar-refractivity contribution is 0.0702. The van der Waals surface area contributed by atoms with Gasteiger partial charge in [0.15, 0.2) is 0 Å². The molecule has 0 radical (unpaired) electrons. The number of nitrogens with one attached hydrogen (secondary N) is 1. The Balaban J connectivity index is 2.35. The maximum atomic E-state index is 10.6. The molecule has 5 heteroatoms. The van der Waals surface area contributed by atoms with Gasteiger partial charge in [-0.15, -0.1) is 11.3 Å². The summed E-state index contributed by atoms with van der Waals surface area (Å²) in [6.45, 7) is 5.04. The monoisotopic (exact) mass is 243 g/mol. The lowest BCUT2D eigenvalue weighted by atomic mass is 10.1. The van der Waals surface area contributed by atoms with Gasteiger partial charge in [0, 0.05) is 18.0 Å². The first kappa shape index (κ1) is 13.2. The number of rotatable bonds is 6. The maximum absolute atomic E-state index is 10.6. The highest BCUT2D eigenvalue weighted by atomic mass is 32.1. The van der Waals surface area contributed by atoms with Crippen molar-refractivity contribution in [2.75, 3.05) is 6.54 Å². The molecule has 1 rings (SSSR count). The van der Waals surface area contributed by atoms with Gasteiger partial charge in [-0.1, -0.05) is 13.8 Å². The lowest BCUT2D eigenvalue weighted by Gasteiger charge is -2.14. The third-order valence-corrected chi connectivity index (χ3v) is 3.37. The van der Waals surface area contributed by atoms with E-state index in [0.717, 1.165) is 4.88 Å². The quantitative estimate of drug-likeness (QED) is 0.709. The van der Waals surface area contributed by atoms with Gasteiger partial charge in [-0.2, -0.15) is 0 Å². The zero-order valence-electron chi connectivity index (χ0n) is 9.43. The molecule has 16 heavy (non-hydrogen) atoms. The van der Waals surface area contributed by atoms with Crippen molar-refractivity contribution in [3.05, 3.63) is 21.9 Å². The fourth-order valence-corrected chi connectivity index (χ4v) is 1.98. The smallest absolute Gasteiger partial charge is 0.345 e. The molecule has 1 atom stereocenters. The zero-order valence-corrected chi connectivity index (χ0v) is 10.3. The summed E-state index contributed by atoms with van der Waals surface area (Å²) in [7, 11) is 0. The van der Waals surface area contributed by atoms with E-state index < -0.39 is 5.97 Å². The topological polar surface area (TPSA) is 69.6 Å². The van der Waals surface area contributed by atoms with Crippen LogP contribution in [0.4, 0.5) is 0 Å². The second kappa shape index (κ2) is 5.98. The molecule has 4 nitrogen and oxygen atoms in total. The molecule has 0 aromatic carbocycles. The van der Waals surface area contributed by atoms with Crippen molar-refractivity contribution in [1.82, 2.24) is 5.32 Å². The van der Waals surface area contributed by atoms with Crippen molar-refractivity contribution in [2.45, 2.75) is 26.5 Å².